The zero-order valence-corrected chi connectivity index (χ0v) is 16.9. The molecule has 1 N–H and O–H groups in total. The van der Waals surface area contributed by atoms with Gasteiger partial charge in [0.05, 0.1) is 0 Å². The Morgan fingerprint density at radius 1 is 1.26 bits per heavy atom. The number of hydrogen-bond donors (Lipinski definition) is 1. The molecule has 0 saturated heterocycles. The highest BCUT2D eigenvalue weighted by atomic mass is 16.5. The maximum atomic E-state index is 12.6. The van der Waals surface area contributed by atoms with Gasteiger partial charge in [0.25, 0.3) is 0 Å². The fraction of sp³-hybridized carbons (Fsp3) is 0.542. The Morgan fingerprint density at radius 3 is 2.63 bits per heavy atom. The van der Waals surface area contributed by atoms with Gasteiger partial charge in [0.1, 0.15) is 11.9 Å². The van der Waals surface area contributed by atoms with Crippen LogP contribution in [0.15, 0.2) is 42.0 Å². The second kappa shape index (κ2) is 7.92. The van der Waals surface area contributed by atoms with Crippen molar-refractivity contribution in [3.8, 4) is 5.75 Å². The van der Waals surface area contributed by atoms with E-state index in [-0.39, 0.29) is 23.2 Å². The molecule has 2 aliphatic carbocycles. The van der Waals surface area contributed by atoms with Gasteiger partial charge in [-0.15, -0.1) is 0 Å². The average Bonchev–Trinajstić information content (AvgIpc) is 2.60. The van der Waals surface area contributed by atoms with Gasteiger partial charge in [-0.3, -0.25) is 0 Å². The number of rotatable bonds is 4. The Hall–Kier alpha value is -2.03. The SMILES string of the molecule is CC1=CCC[C@]2(C)CC[C@@H](C(C)C)[C@@H](OC(=O)C=Cc3ccc(O)cc3)[C@@H]12. The number of carbonyl (C=O) groups excluding carboxylic acids is 1. The number of carbonyl (C=O) groups is 1. The lowest BCUT2D eigenvalue weighted by atomic mass is 9.55. The zero-order valence-electron chi connectivity index (χ0n) is 16.9. The summed E-state index contributed by atoms with van der Waals surface area (Å²) in [5.74, 6) is 1.15. The molecule has 1 aromatic rings. The number of aromatic hydroxyl groups is 1. The van der Waals surface area contributed by atoms with Gasteiger partial charge in [-0.2, -0.15) is 0 Å². The van der Waals surface area contributed by atoms with Gasteiger partial charge in [-0.25, -0.2) is 4.79 Å². The third-order valence-corrected chi connectivity index (χ3v) is 6.64. The van der Waals surface area contributed by atoms with Gasteiger partial charge in [0.15, 0.2) is 0 Å². The van der Waals surface area contributed by atoms with Crippen LogP contribution in [0.4, 0.5) is 0 Å². The van der Waals surface area contributed by atoms with E-state index in [1.54, 1.807) is 30.3 Å². The smallest absolute Gasteiger partial charge is 0.331 e. The van der Waals surface area contributed by atoms with E-state index in [1.807, 2.05) is 0 Å². The predicted octanol–water partition coefficient (Wildman–Crippen LogP) is 5.75. The van der Waals surface area contributed by atoms with Crippen LogP contribution < -0.4 is 0 Å². The van der Waals surface area contributed by atoms with Crippen molar-refractivity contribution in [2.24, 2.45) is 23.2 Å². The van der Waals surface area contributed by atoms with E-state index in [0.29, 0.717) is 17.8 Å². The van der Waals surface area contributed by atoms with E-state index >= 15 is 0 Å². The van der Waals surface area contributed by atoms with Crippen molar-refractivity contribution < 1.29 is 14.6 Å². The van der Waals surface area contributed by atoms with Crippen LogP contribution in [0.1, 0.15) is 58.9 Å². The minimum absolute atomic E-state index is 0.0581. The van der Waals surface area contributed by atoms with Crippen LogP contribution in [0, 0.1) is 23.2 Å². The molecule has 1 saturated carbocycles. The molecule has 27 heavy (non-hydrogen) atoms. The van der Waals surface area contributed by atoms with E-state index < -0.39 is 0 Å². The number of benzene rings is 1. The van der Waals surface area contributed by atoms with Crippen LogP contribution in [-0.2, 0) is 9.53 Å². The van der Waals surface area contributed by atoms with Gasteiger partial charge in [0, 0.05) is 12.0 Å². The molecule has 4 atom stereocenters. The summed E-state index contributed by atoms with van der Waals surface area (Å²) in [6, 6.07) is 6.79. The van der Waals surface area contributed by atoms with Crippen molar-refractivity contribution in [1.82, 2.24) is 0 Å². The summed E-state index contributed by atoms with van der Waals surface area (Å²) < 4.78 is 6.10. The summed E-state index contributed by atoms with van der Waals surface area (Å²) in [7, 11) is 0. The van der Waals surface area contributed by atoms with Gasteiger partial charge < -0.3 is 9.84 Å². The predicted molar refractivity (Wildman–Crippen MR) is 109 cm³/mol. The number of allylic oxidation sites excluding steroid dienone is 1. The van der Waals surface area contributed by atoms with Crippen LogP contribution in [0.2, 0.25) is 0 Å². The molecule has 0 aromatic heterocycles. The minimum atomic E-state index is -0.277. The molecular formula is C24H32O3. The highest BCUT2D eigenvalue weighted by Gasteiger charge is 2.50. The van der Waals surface area contributed by atoms with Crippen LogP contribution in [0.5, 0.6) is 5.75 Å². The number of ether oxygens (including phenoxy) is 1. The standard InChI is InChI=1S/C24H32O3/c1-16(2)20-13-15-24(4)14-5-6-17(3)22(24)23(20)27-21(26)12-9-18-7-10-19(25)11-8-18/h6-12,16,20,22-23,25H,5,13-15H2,1-4H3/t20-,22+,23+,24+/m0/s1. The molecule has 3 heteroatoms. The molecule has 0 aliphatic heterocycles. The van der Waals surface area contributed by atoms with E-state index in [9.17, 15) is 9.90 Å². The quantitative estimate of drug-likeness (QED) is 0.418. The lowest BCUT2D eigenvalue weighted by Crippen LogP contribution is -2.50. The third-order valence-electron chi connectivity index (χ3n) is 6.64. The fourth-order valence-electron chi connectivity index (χ4n) is 5.10. The van der Waals surface area contributed by atoms with Crippen molar-refractivity contribution in [2.45, 2.75) is 59.5 Å². The monoisotopic (exact) mass is 368 g/mol. The second-order valence-electron chi connectivity index (χ2n) is 8.89. The fourth-order valence-corrected chi connectivity index (χ4v) is 5.10. The molecule has 1 aromatic carbocycles. The first-order chi connectivity index (χ1) is 12.8. The molecule has 0 bridgehead atoms. The molecular weight excluding hydrogens is 336 g/mol. The summed E-state index contributed by atoms with van der Waals surface area (Å²) in [5, 5.41) is 9.37. The van der Waals surface area contributed by atoms with E-state index in [4.69, 9.17) is 4.74 Å². The molecule has 146 valence electrons. The van der Waals surface area contributed by atoms with Crippen LogP contribution in [0.3, 0.4) is 0 Å². The van der Waals surface area contributed by atoms with Gasteiger partial charge in [-0.1, -0.05) is 44.6 Å². The first-order valence-electron chi connectivity index (χ1n) is 10.1. The van der Waals surface area contributed by atoms with Crippen LogP contribution in [0.25, 0.3) is 6.08 Å². The van der Waals surface area contributed by atoms with Crippen molar-refractivity contribution in [3.05, 3.63) is 47.6 Å². The minimum Gasteiger partial charge on any atom is -0.508 e. The van der Waals surface area contributed by atoms with Crippen LogP contribution in [-0.4, -0.2) is 17.2 Å². The normalized spacial score (nSPS) is 30.9. The first kappa shape index (κ1) is 19.7. The Balaban J connectivity index is 1.79. The second-order valence-corrected chi connectivity index (χ2v) is 8.89. The Bertz CT molecular complexity index is 728. The lowest BCUT2D eigenvalue weighted by Gasteiger charge is -2.52. The van der Waals surface area contributed by atoms with Crippen molar-refractivity contribution in [3.63, 3.8) is 0 Å². The molecule has 2 aliphatic rings. The third kappa shape index (κ3) is 4.28. The number of phenols is 1. The average molecular weight is 369 g/mol. The summed E-state index contributed by atoms with van der Waals surface area (Å²) in [5.41, 5.74) is 2.48. The lowest BCUT2D eigenvalue weighted by molar-refractivity contribution is -0.158. The van der Waals surface area contributed by atoms with Gasteiger partial charge >= 0.3 is 5.97 Å². The Labute approximate surface area is 163 Å². The van der Waals surface area contributed by atoms with E-state index in [1.165, 1.54) is 24.5 Å². The summed E-state index contributed by atoms with van der Waals surface area (Å²) in [4.78, 5) is 12.6. The van der Waals surface area contributed by atoms with E-state index in [0.717, 1.165) is 18.4 Å². The highest BCUT2D eigenvalue weighted by molar-refractivity contribution is 5.87. The molecule has 3 rings (SSSR count). The highest BCUT2D eigenvalue weighted by Crippen LogP contribution is 2.54. The van der Waals surface area contributed by atoms with E-state index in [2.05, 4.69) is 33.8 Å². The molecule has 0 spiro atoms. The molecule has 3 nitrogen and oxygen atoms in total. The molecule has 0 radical (unpaired) electrons. The molecule has 1 fully saturated rings. The number of hydrogen-bond acceptors (Lipinski definition) is 3. The summed E-state index contributed by atoms with van der Waals surface area (Å²) in [6.45, 7) is 9.06. The largest absolute Gasteiger partial charge is 0.508 e. The topological polar surface area (TPSA) is 46.5 Å². The molecule has 0 heterocycles. The van der Waals surface area contributed by atoms with Gasteiger partial charge in [-0.05, 0) is 73.6 Å². The zero-order chi connectivity index (χ0) is 19.6. The maximum absolute atomic E-state index is 12.6. The Kier molecular flexibility index (Phi) is 5.78. The van der Waals surface area contributed by atoms with Crippen molar-refractivity contribution in [2.75, 3.05) is 0 Å². The Morgan fingerprint density at radius 2 is 1.96 bits per heavy atom. The van der Waals surface area contributed by atoms with Crippen molar-refractivity contribution >= 4 is 12.0 Å². The number of esters is 1. The van der Waals surface area contributed by atoms with Crippen molar-refractivity contribution in [1.29, 1.82) is 0 Å². The summed E-state index contributed by atoms with van der Waals surface area (Å²) in [6.07, 6.45) is 10.2. The van der Waals surface area contributed by atoms with Crippen LogP contribution >= 0.6 is 0 Å². The molecule has 0 unspecified atom stereocenters. The number of phenolic OH excluding ortho intramolecular Hbond substituents is 1. The first-order valence-corrected chi connectivity index (χ1v) is 10.1. The maximum Gasteiger partial charge on any atom is 0.331 e. The molecule has 0 amide bonds. The van der Waals surface area contributed by atoms with Gasteiger partial charge in [0.2, 0.25) is 0 Å². The number of fused-ring (bicyclic) bond motifs is 1. The summed E-state index contributed by atoms with van der Waals surface area (Å²) >= 11 is 0.